The fourth-order valence-electron chi connectivity index (χ4n) is 3.72. The van der Waals surface area contributed by atoms with Crippen molar-refractivity contribution in [3.8, 4) is 22.3 Å². The lowest BCUT2D eigenvalue weighted by Crippen LogP contribution is -2.27. The molecule has 0 aliphatic carbocycles. The van der Waals surface area contributed by atoms with Gasteiger partial charge in [-0.15, -0.1) is 11.3 Å². The maximum Gasteiger partial charge on any atom is 0.417 e. The molecular weight excluding hydrogens is 535 g/mol. The number of hydrogen-bond acceptors (Lipinski definition) is 3. The van der Waals surface area contributed by atoms with Crippen molar-refractivity contribution in [3.05, 3.63) is 93.8 Å². The summed E-state index contributed by atoms with van der Waals surface area (Å²) < 4.78 is 67.5. The molecule has 0 radical (unpaired) electrons. The number of halogens is 6. The molecule has 4 nitrogen and oxygen atoms in total. The normalized spacial score (nSPS) is 11.3. The smallest absolute Gasteiger partial charge is 0.320 e. The molecule has 0 bridgehead atoms. The molecule has 1 heterocycles. The largest absolute Gasteiger partial charge is 0.417 e. The van der Waals surface area contributed by atoms with Crippen LogP contribution >= 0.6 is 22.9 Å². The predicted octanol–water partition coefficient (Wildman–Crippen LogP) is 7.88. The second-order valence-corrected chi connectivity index (χ2v) is 9.13. The number of alkyl halides is 3. The van der Waals surface area contributed by atoms with E-state index in [1.807, 2.05) is 0 Å². The van der Waals surface area contributed by atoms with Crippen LogP contribution in [0.25, 0.3) is 22.3 Å². The Morgan fingerprint density at radius 3 is 2.22 bits per heavy atom. The van der Waals surface area contributed by atoms with Gasteiger partial charge < -0.3 is 10.2 Å². The third-order valence-electron chi connectivity index (χ3n) is 5.58. The van der Waals surface area contributed by atoms with Crippen molar-refractivity contribution in [1.82, 2.24) is 0 Å². The van der Waals surface area contributed by atoms with Gasteiger partial charge in [0.15, 0.2) is 0 Å². The molecule has 0 aliphatic rings. The Balaban J connectivity index is 1.73. The summed E-state index contributed by atoms with van der Waals surface area (Å²) in [5.74, 6) is -2.12. The molecule has 0 spiro atoms. The van der Waals surface area contributed by atoms with Crippen LogP contribution in [0.2, 0.25) is 5.02 Å². The second-order valence-electron chi connectivity index (χ2n) is 7.84. The molecule has 0 saturated heterocycles. The van der Waals surface area contributed by atoms with Crippen LogP contribution in [0, 0.1) is 11.6 Å². The van der Waals surface area contributed by atoms with Gasteiger partial charge in [-0.3, -0.25) is 9.59 Å². The molecule has 190 valence electrons. The Morgan fingerprint density at radius 2 is 1.62 bits per heavy atom. The third kappa shape index (κ3) is 5.35. The van der Waals surface area contributed by atoms with Crippen LogP contribution in [0.3, 0.4) is 0 Å². The van der Waals surface area contributed by atoms with Gasteiger partial charge in [0.05, 0.1) is 16.1 Å². The summed E-state index contributed by atoms with van der Waals surface area (Å²) in [7, 11) is 1.30. The molecule has 0 fully saturated rings. The highest BCUT2D eigenvalue weighted by molar-refractivity contribution is 7.15. The summed E-state index contributed by atoms with van der Waals surface area (Å²) in [6.45, 7) is 0. The number of benzene rings is 3. The van der Waals surface area contributed by atoms with E-state index in [0.717, 1.165) is 40.5 Å². The van der Waals surface area contributed by atoms with E-state index in [1.165, 1.54) is 19.2 Å². The summed E-state index contributed by atoms with van der Waals surface area (Å²) in [6, 6.07) is 12.7. The van der Waals surface area contributed by atoms with Gasteiger partial charge in [0.1, 0.15) is 16.6 Å². The van der Waals surface area contributed by atoms with Gasteiger partial charge >= 0.3 is 6.18 Å². The second kappa shape index (κ2) is 10.3. The first kappa shape index (κ1) is 26.3. The van der Waals surface area contributed by atoms with E-state index in [4.69, 9.17) is 11.6 Å². The van der Waals surface area contributed by atoms with E-state index in [-0.39, 0.29) is 21.8 Å². The van der Waals surface area contributed by atoms with Crippen molar-refractivity contribution in [3.63, 3.8) is 0 Å². The molecule has 0 unspecified atom stereocenters. The number of thiophene rings is 1. The lowest BCUT2D eigenvalue weighted by Gasteiger charge is -2.20. The molecule has 3 aromatic carbocycles. The van der Waals surface area contributed by atoms with Crippen LogP contribution in [0.1, 0.15) is 15.9 Å². The zero-order chi connectivity index (χ0) is 26.9. The van der Waals surface area contributed by atoms with Gasteiger partial charge in [0.2, 0.25) is 6.41 Å². The topological polar surface area (TPSA) is 49.4 Å². The van der Waals surface area contributed by atoms with Gasteiger partial charge in [-0.2, -0.15) is 13.2 Å². The summed E-state index contributed by atoms with van der Waals surface area (Å²) in [5, 5.41) is 3.76. The molecule has 4 rings (SSSR count). The lowest BCUT2D eigenvalue weighted by atomic mass is 9.98. The van der Waals surface area contributed by atoms with Crippen molar-refractivity contribution in [2.75, 3.05) is 17.3 Å². The first-order chi connectivity index (χ1) is 17.5. The Morgan fingerprint density at radius 1 is 0.973 bits per heavy atom. The minimum Gasteiger partial charge on any atom is -0.320 e. The van der Waals surface area contributed by atoms with Crippen molar-refractivity contribution in [1.29, 1.82) is 0 Å². The van der Waals surface area contributed by atoms with Gasteiger partial charge in [-0.05, 0) is 41.5 Å². The molecule has 11 heteroatoms. The summed E-state index contributed by atoms with van der Waals surface area (Å²) in [5.41, 5.74) is 0.496. The number of hydrogen-bond donors (Lipinski definition) is 1. The summed E-state index contributed by atoms with van der Waals surface area (Å²) in [4.78, 5) is 25.7. The monoisotopic (exact) mass is 550 g/mol. The van der Waals surface area contributed by atoms with E-state index >= 15 is 0 Å². The number of amides is 2. The maximum absolute atomic E-state index is 14.2. The van der Waals surface area contributed by atoms with Crippen molar-refractivity contribution in [2.24, 2.45) is 0 Å². The van der Waals surface area contributed by atoms with Gasteiger partial charge in [-0.25, -0.2) is 8.78 Å². The number of carbonyl (C=O) groups is 2. The molecule has 1 aromatic heterocycles. The zero-order valence-electron chi connectivity index (χ0n) is 18.9. The molecule has 4 aromatic rings. The molecule has 0 saturated carbocycles. The van der Waals surface area contributed by atoms with E-state index < -0.39 is 34.3 Å². The van der Waals surface area contributed by atoms with Gasteiger partial charge in [0, 0.05) is 35.3 Å². The average Bonchev–Trinajstić information content (AvgIpc) is 3.26. The highest BCUT2D eigenvalue weighted by Crippen LogP contribution is 2.40. The summed E-state index contributed by atoms with van der Waals surface area (Å²) >= 11 is 6.76. The quantitative estimate of drug-likeness (QED) is 0.196. The van der Waals surface area contributed by atoms with Crippen molar-refractivity contribution in [2.45, 2.75) is 6.18 Å². The lowest BCUT2D eigenvalue weighted by molar-refractivity contribution is -0.137. The third-order valence-corrected chi connectivity index (χ3v) is 6.82. The zero-order valence-corrected chi connectivity index (χ0v) is 20.4. The van der Waals surface area contributed by atoms with Crippen LogP contribution in [0.15, 0.2) is 66.0 Å². The number of nitrogens with zero attached hydrogens (tertiary/aromatic N) is 1. The number of anilines is 2. The highest BCUT2D eigenvalue weighted by atomic mass is 35.5. The van der Waals surface area contributed by atoms with Gasteiger partial charge in [-0.1, -0.05) is 35.9 Å². The van der Waals surface area contributed by atoms with Crippen LogP contribution in [-0.2, 0) is 11.0 Å². The van der Waals surface area contributed by atoms with E-state index in [2.05, 4.69) is 5.32 Å². The number of carbonyl (C=O) groups excluding carboxylic acids is 2. The SMILES string of the molecule is CN(C(=O)c1c(-c2ccc(-c3ccc(F)cc3F)cc2)csc1NC=O)c1ccc(Cl)c(C(F)(F)F)c1. The molecule has 2 amide bonds. The Kier molecular flexibility index (Phi) is 7.33. The van der Waals surface area contributed by atoms with E-state index in [1.54, 1.807) is 29.6 Å². The fraction of sp³-hybridized carbons (Fsp3) is 0.0769. The number of nitrogens with one attached hydrogen (secondary N) is 1. The molecular formula is C26H16ClF5N2O2S. The van der Waals surface area contributed by atoms with Gasteiger partial charge in [0.25, 0.3) is 5.91 Å². The predicted molar refractivity (Wildman–Crippen MR) is 134 cm³/mol. The van der Waals surface area contributed by atoms with Crippen LogP contribution in [-0.4, -0.2) is 19.4 Å². The van der Waals surface area contributed by atoms with Crippen molar-refractivity contribution < 1.29 is 31.5 Å². The average molecular weight is 551 g/mol. The Bertz CT molecular complexity index is 1490. The Hall–Kier alpha value is -3.76. The first-order valence-electron chi connectivity index (χ1n) is 10.5. The minimum atomic E-state index is -4.72. The van der Waals surface area contributed by atoms with Crippen LogP contribution in [0.5, 0.6) is 0 Å². The first-order valence-corrected chi connectivity index (χ1v) is 11.8. The van der Waals surface area contributed by atoms with E-state index in [9.17, 15) is 31.5 Å². The fourth-order valence-corrected chi connectivity index (χ4v) is 4.87. The molecule has 0 aliphatic heterocycles. The maximum atomic E-state index is 14.2. The Labute approximate surface area is 216 Å². The molecule has 0 atom stereocenters. The standard InChI is InChI=1S/C26H16ClF5N2O2S/c1-34(17-7-9-21(27)20(11-17)26(30,31)32)25(36)23-19(12-37-24(23)33-13-35)15-4-2-14(3-5-15)18-8-6-16(28)10-22(18)29/h2-13H,1H3,(H,33,35). The van der Waals surface area contributed by atoms with Crippen LogP contribution < -0.4 is 10.2 Å². The van der Waals surface area contributed by atoms with Crippen LogP contribution in [0.4, 0.5) is 32.6 Å². The molecule has 37 heavy (non-hydrogen) atoms. The number of rotatable bonds is 6. The molecule has 1 N–H and O–H groups in total. The highest BCUT2D eigenvalue weighted by Gasteiger charge is 2.34. The van der Waals surface area contributed by atoms with Crippen molar-refractivity contribution >= 4 is 45.9 Å². The minimum absolute atomic E-state index is 0.0574. The summed E-state index contributed by atoms with van der Waals surface area (Å²) in [6.07, 6.45) is -4.34. The van der Waals surface area contributed by atoms with E-state index in [0.29, 0.717) is 23.1 Å².